The van der Waals surface area contributed by atoms with Gasteiger partial charge in [0.25, 0.3) is 0 Å². The van der Waals surface area contributed by atoms with Crippen molar-refractivity contribution in [3.63, 3.8) is 0 Å². The summed E-state index contributed by atoms with van der Waals surface area (Å²) in [6.45, 7) is 5.97. The average Bonchev–Trinajstić information content (AvgIpc) is 2.43. The van der Waals surface area contributed by atoms with E-state index in [1.165, 1.54) is 5.56 Å². The molecule has 0 bridgehead atoms. The SMILES string of the molecule is Cc1cc(C)c(NC(=O)Nc2ccc(C#N)cc2)c(C)c1. The molecular weight excluding hydrogens is 262 g/mol. The molecule has 2 amide bonds. The topological polar surface area (TPSA) is 64.9 Å². The van der Waals surface area contributed by atoms with E-state index in [1.807, 2.05) is 39.0 Å². The highest BCUT2D eigenvalue weighted by molar-refractivity contribution is 6.00. The van der Waals surface area contributed by atoms with E-state index in [-0.39, 0.29) is 6.03 Å². The summed E-state index contributed by atoms with van der Waals surface area (Å²) in [7, 11) is 0. The van der Waals surface area contributed by atoms with Crippen LogP contribution in [0, 0.1) is 32.1 Å². The van der Waals surface area contributed by atoms with Crippen LogP contribution in [0.25, 0.3) is 0 Å². The van der Waals surface area contributed by atoms with Gasteiger partial charge in [0.05, 0.1) is 11.6 Å². The summed E-state index contributed by atoms with van der Waals surface area (Å²) in [6.07, 6.45) is 0. The van der Waals surface area contributed by atoms with Crippen molar-refractivity contribution in [2.24, 2.45) is 0 Å². The highest BCUT2D eigenvalue weighted by Gasteiger charge is 2.08. The van der Waals surface area contributed by atoms with E-state index >= 15 is 0 Å². The normalized spacial score (nSPS) is 9.81. The number of nitrogens with zero attached hydrogens (tertiary/aromatic N) is 1. The third-order valence-corrected chi connectivity index (χ3v) is 3.19. The maximum Gasteiger partial charge on any atom is 0.323 e. The fraction of sp³-hybridized carbons (Fsp3) is 0.176. The molecule has 4 nitrogen and oxygen atoms in total. The third-order valence-electron chi connectivity index (χ3n) is 3.19. The number of urea groups is 1. The minimum atomic E-state index is -0.297. The fourth-order valence-electron chi connectivity index (χ4n) is 2.28. The zero-order chi connectivity index (χ0) is 15.4. The van der Waals surface area contributed by atoms with Crippen molar-refractivity contribution in [1.29, 1.82) is 5.26 Å². The van der Waals surface area contributed by atoms with Gasteiger partial charge >= 0.3 is 6.03 Å². The lowest BCUT2D eigenvalue weighted by Gasteiger charge is -2.13. The van der Waals surface area contributed by atoms with Crippen molar-refractivity contribution < 1.29 is 4.79 Å². The standard InChI is InChI=1S/C17H17N3O/c1-11-8-12(2)16(13(3)9-11)20-17(21)19-15-6-4-14(10-18)5-7-15/h4-9H,1-3H3,(H2,19,20,21). The van der Waals surface area contributed by atoms with Crippen LogP contribution in [-0.2, 0) is 0 Å². The molecule has 0 aliphatic heterocycles. The second-order valence-corrected chi connectivity index (χ2v) is 5.04. The predicted molar refractivity (Wildman–Crippen MR) is 84.5 cm³/mol. The molecule has 0 aromatic heterocycles. The van der Waals surface area contributed by atoms with Crippen LogP contribution < -0.4 is 10.6 Å². The van der Waals surface area contributed by atoms with Gasteiger partial charge in [-0.15, -0.1) is 0 Å². The number of hydrogen-bond acceptors (Lipinski definition) is 2. The third kappa shape index (κ3) is 3.61. The number of carbonyl (C=O) groups is 1. The Morgan fingerprint density at radius 2 is 1.57 bits per heavy atom. The zero-order valence-electron chi connectivity index (χ0n) is 12.3. The van der Waals surface area contributed by atoms with Crippen LogP contribution in [-0.4, -0.2) is 6.03 Å². The molecule has 0 spiro atoms. The van der Waals surface area contributed by atoms with Gasteiger partial charge in [-0.05, 0) is 56.2 Å². The second-order valence-electron chi connectivity index (χ2n) is 5.04. The van der Waals surface area contributed by atoms with Gasteiger partial charge in [0.2, 0.25) is 0 Å². The van der Waals surface area contributed by atoms with Crippen LogP contribution >= 0.6 is 0 Å². The minimum Gasteiger partial charge on any atom is -0.308 e. The number of anilines is 2. The molecule has 0 heterocycles. The van der Waals surface area contributed by atoms with Gasteiger partial charge in [0.15, 0.2) is 0 Å². The summed E-state index contributed by atoms with van der Waals surface area (Å²) >= 11 is 0. The van der Waals surface area contributed by atoms with Crippen LogP contribution in [0.4, 0.5) is 16.2 Å². The highest BCUT2D eigenvalue weighted by Crippen LogP contribution is 2.22. The van der Waals surface area contributed by atoms with E-state index in [4.69, 9.17) is 5.26 Å². The van der Waals surface area contributed by atoms with Crippen LogP contribution in [0.2, 0.25) is 0 Å². The molecule has 0 saturated heterocycles. The van der Waals surface area contributed by atoms with Crippen molar-refractivity contribution in [3.8, 4) is 6.07 Å². The lowest BCUT2D eigenvalue weighted by atomic mass is 10.1. The Kier molecular flexibility index (Phi) is 4.24. The van der Waals surface area contributed by atoms with Gasteiger partial charge in [-0.3, -0.25) is 0 Å². The average molecular weight is 279 g/mol. The summed E-state index contributed by atoms with van der Waals surface area (Å²) in [5.41, 5.74) is 5.26. The number of carbonyl (C=O) groups excluding carboxylic acids is 1. The van der Waals surface area contributed by atoms with Crippen molar-refractivity contribution in [1.82, 2.24) is 0 Å². The molecule has 21 heavy (non-hydrogen) atoms. The number of rotatable bonds is 2. The molecule has 0 aliphatic rings. The molecule has 0 fully saturated rings. The summed E-state index contributed by atoms with van der Waals surface area (Å²) < 4.78 is 0. The number of amides is 2. The molecule has 0 atom stereocenters. The molecule has 2 rings (SSSR count). The Balaban J connectivity index is 2.10. The van der Waals surface area contributed by atoms with Gasteiger partial charge in [0.1, 0.15) is 0 Å². The van der Waals surface area contributed by atoms with Gasteiger partial charge in [-0.1, -0.05) is 17.7 Å². The van der Waals surface area contributed by atoms with Crippen LogP contribution in [0.15, 0.2) is 36.4 Å². The number of hydrogen-bond donors (Lipinski definition) is 2. The van der Waals surface area contributed by atoms with Crippen LogP contribution in [0.5, 0.6) is 0 Å². The van der Waals surface area contributed by atoms with E-state index in [1.54, 1.807) is 24.3 Å². The number of aryl methyl sites for hydroxylation is 3. The number of nitriles is 1. The first-order valence-electron chi connectivity index (χ1n) is 6.65. The van der Waals surface area contributed by atoms with E-state index in [0.717, 1.165) is 16.8 Å². The zero-order valence-corrected chi connectivity index (χ0v) is 12.3. The van der Waals surface area contributed by atoms with E-state index in [0.29, 0.717) is 11.3 Å². The van der Waals surface area contributed by atoms with Crippen molar-refractivity contribution in [3.05, 3.63) is 58.7 Å². The molecule has 2 aromatic carbocycles. The molecule has 0 aliphatic carbocycles. The number of benzene rings is 2. The molecule has 0 radical (unpaired) electrons. The Morgan fingerprint density at radius 3 is 2.10 bits per heavy atom. The van der Waals surface area contributed by atoms with Gasteiger partial charge in [-0.2, -0.15) is 5.26 Å². The first-order chi connectivity index (χ1) is 9.99. The molecule has 4 heteroatoms. The van der Waals surface area contributed by atoms with Crippen molar-refractivity contribution in [2.45, 2.75) is 20.8 Å². The van der Waals surface area contributed by atoms with Crippen molar-refractivity contribution >= 4 is 17.4 Å². The van der Waals surface area contributed by atoms with E-state index < -0.39 is 0 Å². The van der Waals surface area contributed by atoms with Gasteiger partial charge < -0.3 is 10.6 Å². The van der Waals surface area contributed by atoms with E-state index in [2.05, 4.69) is 10.6 Å². The Morgan fingerprint density at radius 1 is 1.00 bits per heavy atom. The maximum absolute atomic E-state index is 12.0. The summed E-state index contributed by atoms with van der Waals surface area (Å²) in [5, 5.41) is 14.4. The summed E-state index contributed by atoms with van der Waals surface area (Å²) in [4.78, 5) is 12.0. The summed E-state index contributed by atoms with van der Waals surface area (Å²) in [6, 6.07) is 12.5. The monoisotopic (exact) mass is 279 g/mol. The Labute approximate surface area is 124 Å². The molecular formula is C17H17N3O. The van der Waals surface area contributed by atoms with Crippen molar-refractivity contribution in [2.75, 3.05) is 10.6 Å². The Bertz CT molecular complexity index is 689. The van der Waals surface area contributed by atoms with Crippen LogP contribution in [0.3, 0.4) is 0 Å². The second kappa shape index (κ2) is 6.10. The smallest absolute Gasteiger partial charge is 0.308 e. The Hall–Kier alpha value is -2.80. The quantitative estimate of drug-likeness (QED) is 0.868. The first-order valence-corrected chi connectivity index (χ1v) is 6.65. The van der Waals surface area contributed by atoms with Gasteiger partial charge in [-0.25, -0.2) is 4.79 Å². The van der Waals surface area contributed by atoms with Crippen LogP contribution in [0.1, 0.15) is 22.3 Å². The number of nitrogens with one attached hydrogen (secondary N) is 2. The molecule has 2 N–H and O–H groups in total. The lowest BCUT2D eigenvalue weighted by molar-refractivity contribution is 0.262. The largest absolute Gasteiger partial charge is 0.323 e. The molecule has 0 saturated carbocycles. The van der Waals surface area contributed by atoms with E-state index in [9.17, 15) is 4.79 Å². The van der Waals surface area contributed by atoms with Gasteiger partial charge in [0, 0.05) is 11.4 Å². The molecule has 106 valence electrons. The lowest BCUT2D eigenvalue weighted by Crippen LogP contribution is -2.20. The molecule has 0 unspecified atom stereocenters. The fourth-order valence-corrected chi connectivity index (χ4v) is 2.28. The minimum absolute atomic E-state index is 0.297. The maximum atomic E-state index is 12.0. The molecule has 2 aromatic rings. The predicted octanol–water partition coefficient (Wildman–Crippen LogP) is 4.13. The summed E-state index contributed by atoms with van der Waals surface area (Å²) in [5.74, 6) is 0. The first kappa shape index (κ1) is 14.6. The highest BCUT2D eigenvalue weighted by atomic mass is 16.2.